The molecule has 1 N–H and O–H groups in total. The van der Waals surface area contributed by atoms with E-state index in [9.17, 15) is 14.7 Å². The summed E-state index contributed by atoms with van der Waals surface area (Å²) in [5.41, 5.74) is 3.42. The lowest BCUT2D eigenvalue weighted by Gasteiger charge is -2.43. The number of allylic oxidation sites excluding steroid dienone is 1. The number of carbonyl (C=O) groups excluding carboxylic acids is 2. The number of rotatable bonds is 16. The number of methoxy groups -OCH3 is 1. The minimum atomic E-state index is -0.498. The molecule has 1 aliphatic carbocycles. The Bertz CT molecular complexity index is 835. The lowest BCUT2D eigenvalue weighted by molar-refractivity contribution is -0.148. The number of hydrogen-bond acceptors (Lipinski definition) is 5. The molecule has 0 radical (unpaired) electrons. The highest BCUT2D eigenvalue weighted by Gasteiger charge is 2.41. The zero-order chi connectivity index (χ0) is 28.4. The van der Waals surface area contributed by atoms with Gasteiger partial charge in [-0.15, -0.1) is 0 Å². The molecule has 1 saturated carbocycles. The van der Waals surface area contributed by atoms with Crippen molar-refractivity contribution in [3.8, 4) is 0 Å². The van der Waals surface area contributed by atoms with E-state index in [1.54, 1.807) is 14.0 Å². The second-order valence-corrected chi connectivity index (χ2v) is 10.9. The van der Waals surface area contributed by atoms with Gasteiger partial charge in [-0.1, -0.05) is 77.0 Å². The first kappa shape index (κ1) is 33.8. The van der Waals surface area contributed by atoms with Gasteiger partial charge in [-0.25, -0.2) is 4.79 Å². The molecule has 1 aliphatic rings. The van der Waals surface area contributed by atoms with E-state index >= 15 is 0 Å². The maximum absolute atomic E-state index is 12.2. The zero-order valence-corrected chi connectivity index (χ0v) is 24.4. The van der Waals surface area contributed by atoms with E-state index in [-0.39, 0.29) is 17.6 Å². The Kier molecular flexibility index (Phi) is 16.8. The van der Waals surface area contributed by atoms with Crippen LogP contribution >= 0.6 is 0 Å². The average molecular weight is 529 g/mol. The molecule has 1 aromatic rings. The van der Waals surface area contributed by atoms with E-state index in [0.29, 0.717) is 30.6 Å². The summed E-state index contributed by atoms with van der Waals surface area (Å²) in [6.45, 7) is 13.6. The van der Waals surface area contributed by atoms with Crippen molar-refractivity contribution in [3.05, 3.63) is 59.7 Å². The van der Waals surface area contributed by atoms with Gasteiger partial charge in [0.2, 0.25) is 0 Å². The fraction of sp³-hybridized carbons (Fsp3) is 0.636. The topological polar surface area (TPSA) is 72.8 Å². The third kappa shape index (κ3) is 11.7. The van der Waals surface area contributed by atoms with Crippen LogP contribution in [-0.4, -0.2) is 44.3 Å². The summed E-state index contributed by atoms with van der Waals surface area (Å²) in [7, 11) is 1.74. The highest BCUT2D eigenvalue weighted by atomic mass is 16.5. The molecule has 0 aliphatic heterocycles. The molecule has 0 amide bonds. The number of esters is 1. The normalized spacial score (nSPS) is 18.4. The Labute approximate surface area is 231 Å². The number of aliphatic hydroxyl groups is 1. The van der Waals surface area contributed by atoms with Gasteiger partial charge in [-0.2, -0.15) is 0 Å². The molecule has 0 saturated heterocycles. The molecule has 214 valence electrons. The predicted molar refractivity (Wildman–Crippen MR) is 156 cm³/mol. The maximum atomic E-state index is 12.2. The number of carbonyl (C=O) groups is 2. The summed E-state index contributed by atoms with van der Waals surface area (Å²) in [6.07, 6.45) is 13.5. The summed E-state index contributed by atoms with van der Waals surface area (Å²) in [4.78, 5) is 21.6. The van der Waals surface area contributed by atoms with Crippen LogP contribution in [0.5, 0.6) is 0 Å². The zero-order valence-electron chi connectivity index (χ0n) is 24.4. The van der Waals surface area contributed by atoms with Crippen molar-refractivity contribution in [2.24, 2.45) is 11.3 Å². The van der Waals surface area contributed by atoms with E-state index < -0.39 is 5.97 Å². The third-order valence-electron chi connectivity index (χ3n) is 7.74. The molecule has 5 heteroatoms. The summed E-state index contributed by atoms with van der Waals surface area (Å²) < 4.78 is 11.3. The number of aliphatic hydroxyl groups excluding tert-OH is 1. The van der Waals surface area contributed by atoms with Crippen LogP contribution in [0.25, 0.3) is 0 Å². The van der Waals surface area contributed by atoms with Crippen molar-refractivity contribution in [3.63, 3.8) is 0 Å². The molecule has 0 bridgehead atoms. The number of unbranched alkanes of at least 4 members (excludes halogenated alkanes) is 3. The van der Waals surface area contributed by atoms with E-state index in [2.05, 4.69) is 51.3 Å². The summed E-state index contributed by atoms with van der Waals surface area (Å²) in [5, 5.41) is 9.21. The molecule has 0 aromatic heterocycles. The van der Waals surface area contributed by atoms with Crippen molar-refractivity contribution in [2.75, 3.05) is 26.9 Å². The number of aldehydes is 1. The highest BCUT2D eigenvalue weighted by Crippen LogP contribution is 2.46. The molecular formula is C33H52O5. The van der Waals surface area contributed by atoms with E-state index in [1.165, 1.54) is 36.8 Å². The SMILES string of the molecule is C=C(C)C=O.C=C(CO)C(=O)OCC(CCCC)(COC)C1CCC(c2ccc(CCCCC)cc2)CC1. The van der Waals surface area contributed by atoms with Gasteiger partial charge in [0, 0.05) is 12.5 Å². The Hall–Kier alpha value is -2.24. The lowest BCUT2D eigenvalue weighted by Crippen LogP contribution is -2.42. The van der Waals surface area contributed by atoms with Gasteiger partial charge in [-0.05, 0) is 80.4 Å². The van der Waals surface area contributed by atoms with Crippen LogP contribution in [0.15, 0.2) is 48.6 Å². The molecule has 0 spiro atoms. The monoisotopic (exact) mass is 528 g/mol. The minimum absolute atomic E-state index is 0.110. The van der Waals surface area contributed by atoms with Gasteiger partial charge in [0.25, 0.3) is 0 Å². The van der Waals surface area contributed by atoms with Crippen LogP contribution in [0.2, 0.25) is 0 Å². The molecule has 38 heavy (non-hydrogen) atoms. The standard InChI is InChI=1S/C29H46O4.C4H6O/c1-5-7-9-10-24-11-13-25(14-12-24)26-15-17-27(18-16-26)29(21-32-4,19-8-6-2)22-33-28(31)23(3)20-30;1-4(2)3-5/h11-14,26-27,30H,3,5-10,15-22H2,1-2,4H3;3H,1H2,2H3. The molecule has 1 fully saturated rings. The van der Waals surface area contributed by atoms with Crippen molar-refractivity contribution in [2.45, 2.75) is 97.3 Å². The molecule has 2 rings (SSSR count). The van der Waals surface area contributed by atoms with E-state index in [4.69, 9.17) is 9.47 Å². The molecule has 1 unspecified atom stereocenters. The Balaban J connectivity index is 0.00000132. The van der Waals surface area contributed by atoms with Crippen LogP contribution in [0, 0.1) is 11.3 Å². The molecule has 1 aromatic carbocycles. The van der Waals surface area contributed by atoms with Crippen LogP contribution in [-0.2, 0) is 25.5 Å². The Morgan fingerprint density at radius 1 is 1.03 bits per heavy atom. The van der Waals surface area contributed by atoms with Gasteiger partial charge >= 0.3 is 5.97 Å². The predicted octanol–water partition coefficient (Wildman–Crippen LogP) is 7.37. The average Bonchev–Trinajstić information content (AvgIpc) is 2.95. The highest BCUT2D eigenvalue weighted by molar-refractivity contribution is 5.87. The van der Waals surface area contributed by atoms with Gasteiger partial charge < -0.3 is 14.6 Å². The minimum Gasteiger partial charge on any atom is -0.462 e. The summed E-state index contributed by atoms with van der Waals surface area (Å²) in [6, 6.07) is 9.32. The number of benzene rings is 1. The van der Waals surface area contributed by atoms with Crippen LogP contribution in [0.1, 0.15) is 102 Å². The molecular weight excluding hydrogens is 476 g/mol. The maximum Gasteiger partial charge on any atom is 0.335 e. The first-order valence-corrected chi connectivity index (χ1v) is 14.4. The van der Waals surface area contributed by atoms with Crippen molar-refractivity contribution < 1.29 is 24.2 Å². The number of ether oxygens (including phenoxy) is 2. The van der Waals surface area contributed by atoms with Crippen LogP contribution in [0.3, 0.4) is 0 Å². The lowest BCUT2D eigenvalue weighted by atomic mass is 9.64. The van der Waals surface area contributed by atoms with Crippen molar-refractivity contribution in [1.29, 1.82) is 0 Å². The smallest absolute Gasteiger partial charge is 0.335 e. The number of hydrogen-bond donors (Lipinski definition) is 1. The largest absolute Gasteiger partial charge is 0.462 e. The van der Waals surface area contributed by atoms with Crippen LogP contribution < -0.4 is 0 Å². The van der Waals surface area contributed by atoms with Gasteiger partial charge in [0.15, 0.2) is 0 Å². The fourth-order valence-electron chi connectivity index (χ4n) is 5.39. The molecule has 0 heterocycles. The Morgan fingerprint density at radius 3 is 2.13 bits per heavy atom. The second kappa shape index (κ2) is 18.9. The van der Waals surface area contributed by atoms with Gasteiger partial charge in [0.1, 0.15) is 6.29 Å². The second-order valence-electron chi connectivity index (χ2n) is 10.9. The molecule has 5 nitrogen and oxygen atoms in total. The number of aryl methyl sites for hydroxylation is 1. The van der Waals surface area contributed by atoms with Gasteiger partial charge in [-0.3, -0.25) is 4.79 Å². The third-order valence-corrected chi connectivity index (χ3v) is 7.74. The quantitative estimate of drug-likeness (QED) is 0.105. The van der Waals surface area contributed by atoms with E-state index in [1.807, 2.05) is 0 Å². The molecule has 1 atom stereocenters. The fourth-order valence-corrected chi connectivity index (χ4v) is 5.39. The van der Waals surface area contributed by atoms with Crippen molar-refractivity contribution >= 4 is 12.3 Å². The Morgan fingerprint density at radius 2 is 1.63 bits per heavy atom. The first-order chi connectivity index (χ1) is 18.3. The summed E-state index contributed by atoms with van der Waals surface area (Å²) >= 11 is 0. The van der Waals surface area contributed by atoms with E-state index in [0.717, 1.165) is 51.2 Å². The summed E-state index contributed by atoms with van der Waals surface area (Å²) in [5.74, 6) is 0.569. The van der Waals surface area contributed by atoms with Gasteiger partial charge in [0.05, 0.1) is 25.4 Å². The van der Waals surface area contributed by atoms with Crippen molar-refractivity contribution in [1.82, 2.24) is 0 Å². The van der Waals surface area contributed by atoms with Crippen LogP contribution in [0.4, 0.5) is 0 Å². The first-order valence-electron chi connectivity index (χ1n) is 14.4.